The van der Waals surface area contributed by atoms with E-state index in [2.05, 4.69) is 28.0 Å². The molecule has 0 aromatic heterocycles. The lowest BCUT2D eigenvalue weighted by Gasteiger charge is -2.44. The van der Waals surface area contributed by atoms with E-state index in [1.54, 1.807) is 0 Å². The maximum atomic E-state index is 12.8. The summed E-state index contributed by atoms with van der Waals surface area (Å²) in [6.07, 6.45) is 7.75. The summed E-state index contributed by atoms with van der Waals surface area (Å²) in [6, 6.07) is 0.184. The molecule has 15 heteroatoms. The molecule has 0 radical (unpaired) electrons. The van der Waals surface area contributed by atoms with Crippen LogP contribution >= 0.6 is 11.6 Å². The van der Waals surface area contributed by atoms with Crippen LogP contribution in [-0.4, -0.2) is 151 Å². The number of alkyl halides is 1. The molecule has 0 aromatic carbocycles. The fourth-order valence-corrected chi connectivity index (χ4v) is 7.87. The van der Waals surface area contributed by atoms with Crippen LogP contribution in [0.5, 0.6) is 0 Å². The summed E-state index contributed by atoms with van der Waals surface area (Å²) in [5.41, 5.74) is 13.6. The van der Waals surface area contributed by atoms with Crippen molar-refractivity contribution in [2.45, 2.75) is 101 Å². The van der Waals surface area contributed by atoms with Gasteiger partial charge in [0, 0.05) is 36.1 Å². The van der Waals surface area contributed by atoms with Gasteiger partial charge in [-0.3, -0.25) is 14.7 Å². The maximum absolute atomic E-state index is 12.8. The van der Waals surface area contributed by atoms with E-state index in [9.17, 15) is 4.79 Å². The molecule has 1 amide bonds. The first kappa shape index (κ1) is 41.7. The molecule has 2 heterocycles. The number of hydrogen-bond acceptors (Lipinski definition) is 13. The zero-order valence-corrected chi connectivity index (χ0v) is 31.3. The van der Waals surface area contributed by atoms with Crippen LogP contribution in [-0.2, 0) is 38.0 Å². The van der Waals surface area contributed by atoms with Crippen molar-refractivity contribution in [3.63, 3.8) is 0 Å². The topological polar surface area (TPSA) is 159 Å². The molecule has 3 fully saturated rings. The molecule has 0 bridgehead atoms. The standard InChI is InChI=1S/C35H65ClN6O8/c1-3-38-33(43)25-31-35-41-40-26(2)42(35)32-9-8-29(24-30(32)34(39-31)27-4-6-28(36)7-5-27)50-23-22-49-21-20-48-19-18-47-17-16-46-15-14-45-13-12-44-11-10-37/h26-32,35,40-41H,3-25,37H2,1-2H3,(H,38,43)/t26?,27?,28?,29?,30?,31-,32?,35?/m0/s1. The first-order valence-electron chi connectivity index (χ1n) is 19.1. The normalized spacial score (nSPS) is 30.0. The molecule has 0 spiro atoms. The van der Waals surface area contributed by atoms with Gasteiger partial charge in [0.25, 0.3) is 0 Å². The number of ether oxygens (including phenoxy) is 7. The van der Waals surface area contributed by atoms with Gasteiger partial charge in [-0.2, -0.15) is 0 Å². The molecule has 4 aliphatic rings. The van der Waals surface area contributed by atoms with Gasteiger partial charge in [-0.1, -0.05) is 0 Å². The minimum absolute atomic E-state index is 0.0236. The van der Waals surface area contributed by atoms with E-state index >= 15 is 0 Å². The van der Waals surface area contributed by atoms with Gasteiger partial charge in [0.2, 0.25) is 5.91 Å². The molecule has 290 valence electrons. The Kier molecular flexibility index (Phi) is 20.3. The molecule has 0 aromatic rings. The molecule has 14 nitrogen and oxygen atoms in total. The predicted molar refractivity (Wildman–Crippen MR) is 192 cm³/mol. The molecular formula is C35H65ClN6O8. The van der Waals surface area contributed by atoms with Gasteiger partial charge < -0.3 is 44.2 Å². The van der Waals surface area contributed by atoms with Crippen molar-refractivity contribution in [2.24, 2.45) is 22.6 Å². The summed E-state index contributed by atoms with van der Waals surface area (Å²) >= 11 is 6.54. The van der Waals surface area contributed by atoms with Gasteiger partial charge in [0.05, 0.1) is 117 Å². The molecule has 4 rings (SSSR count). The zero-order valence-electron chi connectivity index (χ0n) is 30.5. The number of fused-ring (bicyclic) bond motifs is 3. The van der Waals surface area contributed by atoms with Crippen molar-refractivity contribution in [1.29, 1.82) is 0 Å². The highest BCUT2D eigenvalue weighted by Gasteiger charge is 2.50. The molecular weight excluding hydrogens is 668 g/mol. The smallest absolute Gasteiger partial charge is 0.222 e. The van der Waals surface area contributed by atoms with Crippen LogP contribution in [0.4, 0.5) is 0 Å². The van der Waals surface area contributed by atoms with Crippen molar-refractivity contribution in [2.75, 3.05) is 99.0 Å². The molecule has 50 heavy (non-hydrogen) atoms. The first-order valence-corrected chi connectivity index (χ1v) is 19.5. The molecule has 5 unspecified atom stereocenters. The molecule has 5 N–H and O–H groups in total. The SMILES string of the molecule is CCNC(=O)C[C@@H]1N=C(C2CCC(Cl)CC2)C2CC(OCCOCCOCCOCCOCCOCCOCCN)CCC2N2C(C)NNC12. The number of nitrogens with zero attached hydrogens (tertiary/aromatic N) is 2. The Morgan fingerprint density at radius 1 is 0.820 bits per heavy atom. The number of amides is 1. The highest BCUT2D eigenvalue weighted by Crippen LogP contribution is 2.42. The minimum atomic E-state index is -0.155. The second-order valence-corrected chi connectivity index (χ2v) is 14.1. The third-order valence-electron chi connectivity index (χ3n) is 9.96. The quantitative estimate of drug-likeness (QED) is 0.0799. The average Bonchev–Trinajstić information content (AvgIpc) is 3.44. The lowest BCUT2D eigenvalue weighted by atomic mass is 9.72. The number of nitrogens with one attached hydrogen (secondary N) is 3. The van der Waals surface area contributed by atoms with Crippen LogP contribution in [0.1, 0.15) is 65.2 Å². The zero-order chi connectivity index (χ0) is 35.4. The number of carbonyl (C=O) groups excluding carboxylic acids is 1. The van der Waals surface area contributed by atoms with Crippen LogP contribution < -0.4 is 21.9 Å². The fraction of sp³-hybridized carbons (Fsp3) is 0.943. The Morgan fingerprint density at radius 2 is 1.38 bits per heavy atom. The van der Waals surface area contributed by atoms with Gasteiger partial charge in [-0.25, -0.2) is 10.9 Å². The van der Waals surface area contributed by atoms with E-state index in [-0.39, 0.29) is 41.7 Å². The number of hydrazine groups is 1. The lowest BCUT2D eigenvalue weighted by Crippen LogP contribution is -2.55. The van der Waals surface area contributed by atoms with Gasteiger partial charge in [-0.15, -0.1) is 11.6 Å². The van der Waals surface area contributed by atoms with Crippen molar-refractivity contribution < 1.29 is 38.0 Å². The van der Waals surface area contributed by atoms with Crippen molar-refractivity contribution >= 4 is 23.2 Å². The van der Waals surface area contributed by atoms with Gasteiger partial charge >= 0.3 is 0 Å². The Balaban J connectivity index is 1.12. The van der Waals surface area contributed by atoms with E-state index in [1.807, 2.05) is 6.92 Å². The number of carbonyl (C=O) groups is 1. The summed E-state index contributed by atoms with van der Waals surface area (Å²) in [7, 11) is 0. The molecule has 2 aliphatic heterocycles. The Labute approximate surface area is 304 Å². The molecule has 2 aliphatic carbocycles. The molecule has 1 saturated heterocycles. The van der Waals surface area contributed by atoms with Crippen LogP contribution in [0.15, 0.2) is 4.99 Å². The third kappa shape index (κ3) is 14.1. The van der Waals surface area contributed by atoms with Gasteiger partial charge in [0.1, 0.15) is 0 Å². The van der Waals surface area contributed by atoms with E-state index in [0.717, 1.165) is 44.9 Å². The number of hydrogen-bond donors (Lipinski definition) is 4. The monoisotopic (exact) mass is 732 g/mol. The number of rotatable bonds is 25. The van der Waals surface area contributed by atoms with E-state index in [1.165, 1.54) is 5.71 Å². The van der Waals surface area contributed by atoms with E-state index in [4.69, 9.17) is 55.5 Å². The van der Waals surface area contributed by atoms with Crippen molar-refractivity contribution in [1.82, 2.24) is 21.1 Å². The molecule has 2 saturated carbocycles. The van der Waals surface area contributed by atoms with Gasteiger partial charge in [0.15, 0.2) is 0 Å². The number of halogens is 1. The van der Waals surface area contributed by atoms with Crippen LogP contribution in [0.25, 0.3) is 0 Å². The van der Waals surface area contributed by atoms with E-state index < -0.39 is 0 Å². The summed E-state index contributed by atoms with van der Waals surface area (Å²) in [5.74, 6) is 0.740. The molecule has 6 atom stereocenters. The average molecular weight is 733 g/mol. The maximum Gasteiger partial charge on any atom is 0.222 e. The van der Waals surface area contributed by atoms with Crippen LogP contribution in [0.3, 0.4) is 0 Å². The summed E-state index contributed by atoms with van der Waals surface area (Å²) in [4.78, 5) is 20.9. The summed E-state index contributed by atoms with van der Waals surface area (Å²) < 4.78 is 39.5. The minimum Gasteiger partial charge on any atom is -0.378 e. The van der Waals surface area contributed by atoms with Crippen LogP contribution in [0, 0.1) is 11.8 Å². The summed E-state index contributed by atoms with van der Waals surface area (Å²) in [5, 5.41) is 3.24. The Morgan fingerprint density at radius 3 is 1.94 bits per heavy atom. The second kappa shape index (κ2) is 24.3. The number of aliphatic imine (C=N–C) groups is 1. The highest BCUT2D eigenvalue weighted by molar-refractivity contribution is 6.20. The van der Waals surface area contributed by atoms with E-state index in [0.29, 0.717) is 117 Å². The largest absolute Gasteiger partial charge is 0.378 e. The fourth-order valence-electron chi connectivity index (χ4n) is 7.62. The summed E-state index contributed by atoms with van der Waals surface area (Å²) in [6.45, 7) is 12.2. The Bertz CT molecular complexity index is 964. The number of nitrogens with two attached hydrogens (primary N) is 1. The van der Waals surface area contributed by atoms with Gasteiger partial charge in [-0.05, 0) is 64.7 Å². The predicted octanol–water partition coefficient (Wildman–Crippen LogP) is 1.83. The third-order valence-corrected chi connectivity index (χ3v) is 10.4. The van der Waals surface area contributed by atoms with Crippen LogP contribution in [0.2, 0.25) is 0 Å². The van der Waals surface area contributed by atoms with Crippen molar-refractivity contribution in [3.8, 4) is 0 Å². The van der Waals surface area contributed by atoms with Crippen molar-refractivity contribution in [3.05, 3.63) is 0 Å². The second-order valence-electron chi connectivity index (χ2n) is 13.5. The Hall–Kier alpha value is -1.01. The lowest BCUT2D eigenvalue weighted by molar-refractivity contribution is -0.121. The first-order chi connectivity index (χ1) is 24.5. The highest BCUT2D eigenvalue weighted by atomic mass is 35.5.